The van der Waals surface area contributed by atoms with Crippen LogP contribution in [0.15, 0.2) is 90.3 Å². The number of carbonyl (C=O) groups excluding carboxylic acids is 2. The van der Waals surface area contributed by atoms with Gasteiger partial charge in [-0.2, -0.15) is 0 Å². The van der Waals surface area contributed by atoms with Crippen molar-refractivity contribution in [3.8, 4) is 5.75 Å². The Kier molecular flexibility index (Phi) is 7.10. The number of carbonyl (C=O) groups is 2. The van der Waals surface area contributed by atoms with Crippen LogP contribution in [-0.2, 0) is 21.2 Å². The molecule has 0 spiro atoms. The number of ether oxygens (including phenoxy) is 2. The molecule has 0 aromatic heterocycles. The van der Waals surface area contributed by atoms with Crippen molar-refractivity contribution in [3.05, 3.63) is 108 Å². The highest BCUT2D eigenvalue weighted by atomic mass is 32.2. The van der Waals surface area contributed by atoms with Crippen molar-refractivity contribution in [2.24, 2.45) is 21.9 Å². The SMILES string of the molecule is C=C[C@@]12CCc3cc(OC(=O)c4ccccc4)ccc3[C@H]1CC[C@]1(C)[C@@H](OC(=O)c3ccc(S(N)(=O)=O)cc3)CC[C@H]12. The van der Waals surface area contributed by atoms with Gasteiger partial charge in [-0.1, -0.05) is 37.3 Å². The molecular weight excluding hydrogens is 550 g/mol. The summed E-state index contributed by atoms with van der Waals surface area (Å²) in [7, 11) is -3.84. The molecular formula is C34H35NO6S. The standard InChI is InChI=1S/C34H35NO6S/c1-3-34-20-17-24-21-25(40-31(36)22-7-5-4-6-8-22)11-14-27(24)28(34)18-19-33(2)29(34)15-16-30(33)41-32(37)23-9-12-26(13-10-23)42(35,38)39/h3-14,21,28-30H,1,15-20H2,2H3,(H2,35,38,39)/t28-,29-,30+,33+,34-/m1/s1. The van der Waals surface area contributed by atoms with E-state index in [-0.39, 0.29) is 33.7 Å². The molecule has 8 heteroatoms. The number of hydrogen-bond donors (Lipinski definition) is 1. The van der Waals surface area contributed by atoms with Gasteiger partial charge in [-0.25, -0.2) is 23.1 Å². The number of primary sulfonamides is 1. The van der Waals surface area contributed by atoms with E-state index in [0.29, 0.717) is 22.8 Å². The van der Waals surface area contributed by atoms with Crippen molar-refractivity contribution in [2.75, 3.05) is 0 Å². The second-order valence-electron chi connectivity index (χ2n) is 12.1. The Hall–Kier alpha value is -3.75. The van der Waals surface area contributed by atoms with E-state index in [2.05, 4.69) is 25.6 Å². The largest absolute Gasteiger partial charge is 0.458 e. The predicted molar refractivity (Wildman–Crippen MR) is 159 cm³/mol. The van der Waals surface area contributed by atoms with E-state index >= 15 is 0 Å². The van der Waals surface area contributed by atoms with Gasteiger partial charge in [0, 0.05) is 5.41 Å². The van der Waals surface area contributed by atoms with E-state index in [1.165, 1.54) is 35.4 Å². The van der Waals surface area contributed by atoms with E-state index in [9.17, 15) is 18.0 Å². The van der Waals surface area contributed by atoms with Gasteiger partial charge in [-0.3, -0.25) is 0 Å². The first kappa shape index (κ1) is 28.4. The molecule has 0 radical (unpaired) electrons. The summed E-state index contributed by atoms with van der Waals surface area (Å²) < 4.78 is 35.0. The first-order valence-electron chi connectivity index (χ1n) is 14.4. The molecule has 3 aromatic carbocycles. The van der Waals surface area contributed by atoms with E-state index < -0.39 is 16.0 Å². The van der Waals surface area contributed by atoms with Crippen LogP contribution in [0.4, 0.5) is 0 Å². The molecule has 3 aliphatic rings. The summed E-state index contributed by atoms with van der Waals surface area (Å²) in [4.78, 5) is 25.7. The maximum atomic E-state index is 13.1. The molecule has 6 rings (SSSR count). The lowest BCUT2D eigenvalue weighted by Crippen LogP contribution is -2.51. The Morgan fingerprint density at radius 1 is 0.929 bits per heavy atom. The van der Waals surface area contributed by atoms with Gasteiger partial charge in [0.15, 0.2) is 0 Å². The second kappa shape index (κ2) is 10.5. The minimum Gasteiger partial charge on any atom is -0.458 e. The summed E-state index contributed by atoms with van der Waals surface area (Å²) in [6, 6.07) is 20.6. The lowest BCUT2D eigenvalue weighted by Gasteiger charge is -2.57. The highest BCUT2D eigenvalue weighted by Gasteiger charge is 2.62. The van der Waals surface area contributed by atoms with Crippen molar-refractivity contribution in [1.82, 2.24) is 0 Å². The third-order valence-corrected chi connectivity index (χ3v) is 11.0. The van der Waals surface area contributed by atoms with Gasteiger partial charge in [0.05, 0.1) is 16.0 Å². The van der Waals surface area contributed by atoms with E-state index in [4.69, 9.17) is 14.6 Å². The summed E-state index contributed by atoms with van der Waals surface area (Å²) in [6.07, 6.45) is 7.24. The molecule has 0 aliphatic heterocycles. The van der Waals surface area contributed by atoms with E-state index in [1.54, 1.807) is 12.1 Å². The number of sulfonamides is 1. The first-order chi connectivity index (χ1) is 20.0. The lowest BCUT2D eigenvalue weighted by atomic mass is 9.47. The fourth-order valence-corrected chi connectivity index (χ4v) is 8.55. The molecule has 5 atom stereocenters. The normalized spacial score (nSPS) is 28.1. The third-order valence-electron chi connectivity index (χ3n) is 10.1. The van der Waals surface area contributed by atoms with Crippen LogP contribution < -0.4 is 9.88 Å². The van der Waals surface area contributed by atoms with Gasteiger partial charge in [0.25, 0.3) is 0 Å². The van der Waals surface area contributed by atoms with Gasteiger partial charge in [0.2, 0.25) is 10.0 Å². The molecule has 7 nitrogen and oxygen atoms in total. The molecule has 0 saturated heterocycles. The van der Waals surface area contributed by atoms with Crippen LogP contribution in [0.2, 0.25) is 0 Å². The molecule has 0 bridgehead atoms. The fourth-order valence-electron chi connectivity index (χ4n) is 8.03. The number of hydrogen-bond acceptors (Lipinski definition) is 6. The van der Waals surface area contributed by atoms with Crippen LogP contribution in [0.3, 0.4) is 0 Å². The number of allylic oxidation sites excluding steroid dienone is 1. The average molecular weight is 586 g/mol. The van der Waals surface area contributed by atoms with Crippen molar-refractivity contribution >= 4 is 22.0 Å². The smallest absolute Gasteiger partial charge is 0.343 e. The van der Waals surface area contributed by atoms with Gasteiger partial charge >= 0.3 is 11.9 Å². The number of aryl methyl sites for hydroxylation is 1. The Balaban J connectivity index is 1.20. The van der Waals surface area contributed by atoms with Crippen LogP contribution in [0, 0.1) is 16.7 Å². The number of rotatable bonds is 6. The van der Waals surface area contributed by atoms with Gasteiger partial charge in [-0.05, 0) is 115 Å². The minimum absolute atomic E-state index is 0.0442. The molecule has 218 valence electrons. The topological polar surface area (TPSA) is 113 Å². The molecule has 42 heavy (non-hydrogen) atoms. The number of benzene rings is 3. The van der Waals surface area contributed by atoms with Gasteiger partial charge in [0.1, 0.15) is 11.9 Å². The quantitative estimate of drug-likeness (QED) is 0.210. The van der Waals surface area contributed by atoms with Crippen LogP contribution in [0.25, 0.3) is 0 Å². The molecule has 0 amide bonds. The van der Waals surface area contributed by atoms with E-state index in [0.717, 1.165) is 38.5 Å². The van der Waals surface area contributed by atoms with E-state index in [1.807, 2.05) is 30.3 Å². The third kappa shape index (κ3) is 4.76. The number of fused-ring (bicyclic) bond motifs is 5. The zero-order valence-electron chi connectivity index (χ0n) is 23.6. The molecule has 3 aromatic rings. The summed E-state index contributed by atoms with van der Waals surface area (Å²) in [5.74, 6) is 0.319. The van der Waals surface area contributed by atoms with Crippen LogP contribution >= 0.6 is 0 Å². The fraction of sp³-hybridized carbons (Fsp3) is 0.353. The summed E-state index contributed by atoms with van der Waals surface area (Å²) >= 11 is 0. The van der Waals surface area contributed by atoms with Crippen molar-refractivity contribution in [2.45, 2.75) is 62.4 Å². The molecule has 2 fully saturated rings. The van der Waals surface area contributed by atoms with Crippen molar-refractivity contribution in [3.63, 3.8) is 0 Å². The summed E-state index contributed by atoms with van der Waals surface area (Å²) in [6.45, 7) is 6.59. The maximum absolute atomic E-state index is 13.1. The Morgan fingerprint density at radius 2 is 1.64 bits per heavy atom. The minimum atomic E-state index is -3.84. The van der Waals surface area contributed by atoms with Crippen LogP contribution in [0.5, 0.6) is 5.75 Å². The van der Waals surface area contributed by atoms with Gasteiger partial charge < -0.3 is 9.47 Å². The van der Waals surface area contributed by atoms with Crippen LogP contribution in [-0.4, -0.2) is 26.5 Å². The lowest BCUT2D eigenvalue weighted by molar-refractivity contribution is -0.0641. The number of nitrogens with two attached hydrogens (primary N) is 1. The highest BCUT2D eigenvalue weighted by Crippen LogP contribution is 2.68. The first-order valence-corrected chi connectivity index (χ1v) is 16.0. The molecule has 0 unspecified atom stereocenters. The molecule has 3 aliphatic carbocycles. The molecule has 0 heterocycles. The monoisotopic (exact) mass is 585 g/mol. The second-order valence-corrected chi connectivity index (χ2v) is 13.7. The Morgan fingerprint density at radius 3 is 2.33 bits per heavy atom. The molecule has 2 N–H and O–H groups in total. The predicted octanol–water partition coefficient (Wildman–Crippen LogP) is 6.19. The average Bonchev–Trinajstić information content (AvgIpc) is 3.33. The summed E-state index contributed by atoms with van der Waals surface area (Å²) in [5, 5.41) is 5.19. The van der Waals surface area contributed by atoms with Crippen molar-refractivity contribution < 1.29 is 27.5 Å². The van der Waals surface area contributed by atoms with Gasteiger partial charge in [-0.15, -0.1) is 6.58 Å². The summed E-state index contributed by atoms with van der Waals surface area (Å²) in [5.41, 5.74) is 2.99. The van der Waals surface area contributed by atoms with Crippen molar-refractivity contribution in [1.29, 1.82) is 0 Å². The zero-order chi connectivity index (χ0) is 29.7. The zero-order valence-corrected chi connectivity index (χ0v) is 24.4. The Labute approximate surface area is 246 Å². The molecule has 2 saturated carbocycles. The highest BCUT2D eigenvalue weighted by molar-refractivity contribution is 7.89. The van der Waals surface area contributed by atoms with Crippen LogP contribution in [0.1, 0.15) is 76.8 Å². The Bertz CT molecular complexity index is 1650. The maximum Gasteiger partial charge on any atom is 0.343 e. The number of esters is 2.